The molecule has 6 rings (SSSR count). The molecule has 4 aromatic rings. The van der Waals surface area contributed by atoms with Gasteiger partial charge in [0.05, 0.1) is 35.3 Å². The number of fused-ring (bicyclic) bond motifs is 4. The first-order valence-corrected chi connectivity index (χ1v) is 11.6. The molecule has 0 spiro atoms. The molecule has 0 aliphatic carbocycles. The number of halogens is 2. The lowest BCUT2D eigenvalue weighted by atomic mass is 9.98. The van der Waals surface area contributed by atoms with Crippen LogP contribution in [0.1, 0.15) is 25.7 Å². The molecular weight excluding hydrogens is 449 g/mol. The van der Waals surface area contributed by atoms with Crippen LogP contribution in [0.4, 0.5) is 5.82 Å². The lowest BCUT2D eigenvalue weighted by Crippen LogP contribution is -2.47. The molecule has 1 aromatic carbocycles. The second-order valence-electron chi connectivity index (χ2n) is 8.71. The summed E-state index contributed by atoms with van der Waals surface area (Å²) in [5.74, 6) is 0.903. The molecule has 0 radical (unpaired) electrons. The van der Waals surface area contributed by atoms with Gasteiger partial charge in [0.1, 0.15) is 16.5 Å². The van der Waals surface area contributed by atoms with Gasteiger partial charge >= 0.3 is 0 Å². The first kappa shape index (κ1) is 20.2. The number of rotatable bonds is 4. The molecule has 3 aromatic heterocycles. The van der Waals surface area contributed by atoms with Gasteiger partial charge in [0.15, 0.2) is 5.65 Å². The highest BCUT2D eigenvalue weighted by molar-refractivity contribution is 6.43. The van der Waals surface area contributed by atoms with Crippen LogP contribution in [-0.4, -0.2) is 54.6 Å². The smallest absolute Gasteiger partial charge is 0.159 e. The predicted octanol–water partition coefficient (Wildman–Crippen LogP) is 3.73. The van der Waals surface area contributed by atoms with Crippen LogP contribution in [-0.2, 0) is 6.54 Å². The molecule has 32 heavy (non-hydrogen) atoms. The number of nitrogens with one attached hydrogen (secondary N) is 1. The predicted molar refractivity (Wildman–Crippen MR) is 126 cm³/mol. The molecule has 2 saturated heterocycles. The first-order valence-electron chi connectivity index (χ1n) is 10.9. The Morgan fingerprint density at radius 2 is 1.94 bits per heavy atom. The van der Waals surface area contributed by atoms with Crippen molar-refractivity contribution in [2.75, 3.05) is 11.5 Å². The number of nitrogens with two attached hydrogens (primary N) is 1. The maximum Gasteiger partial charge on any atom is 0.159 e. The maximum atomic E-state index is 9.25. The van der Waals surface area contributed by atoms with E-state index < -0.39 is 0 Å². The highest BCUT2D eigenvalue weighted by atomic mass is 35.5. The van der Waals surface area contributed by atoms with Gasteiger partial charge in [-0.05, 0) is 31.7 Å². The van der Waals surface area contributed by atoms with E-state index in [4.69, 9.17) is 38.9 Å². The van der Waals surface area contributed by atoms with Crippen LogP contribution in [0.15, 0.2) is 24.5 Å². The number of hydrogen-bond acceptors (Lipinski definition) is 6. The van der Waals surface area contributed by atoms with E-state index in [0.29, 0.717) is 39.7 Å². The number of aromatic amines is 1. The average molecular weight is 472 g/mol. The van der Waals surface area contributed by atoms with Gasteiger partial charge in [-0.1, -0.05) is 29.3 Å². The van der Waals surface area contributed by atoms with Gasteiger partial charge in [-0.2, -0.15) is 5.10 Å². The summed E-state index contributed by atoms with van der Waals surface area (Å²) in [7, 11) is 0. The van der Waals surface area contributed by atoms with Gasteiger partial charge in [-0.15, -0.1) is 0 Å². The second kappa shape index (κ2) is 7.59. The maximum absolute atomic E-state index is 9.25. The number of hydrogen-bond donors (Lipinski definition) is 3. The SMILES string of the molecule is NC1CC2CCC(C1)N2c1cnc2c(-c3ccc4nn(CCO)c(Cl)c4c3Cl)c[nH]c2n1. The van der Waals surface area contributed by atoms with Crippen molar-refractivity contribution in [2.45, 2.75) is 50.4 Å². The minimum absolute atomic E-state index is 0.0524. The minimum Gasteiger partial charge on any atom is -0.394 e. The third-order valence-corrected chi connectivity index (χ3v) is 7.56. The van der Waals surface area contributed by atoms with E-state index in [1.54, 1.807) is 4.68 Å². The topological polar surface area (TPSA) is 109 Å². The Morgan fingerprint density at radius 3 is 2.69 bits per heavy atom. The van der Waals surface area contributed by atoms with Crippen LogP contribution in [0.3, 0.4) is 0 Å². The van der Waals surface area contributed by atoms with Crippen molar-refractivity contribution in [3.8, 4) is 11.1 Å². The summed E-state index contributed by atoms with van der Waals surface area (Å²) in [4.78, 5) is 15.4. The number of anilines is 1. The fraction of sp³-hybridized carbons (Fsp3) is 0.409. The molecule has 2 bridgehead atoms. The van der Waals surface area contributed by atoms with Crippen molar-refractivity contribution < 1.29 is 5.11 Å². The summed E-state index contributed by atoms with van der Waals surface area (Å²) < 4.78 is 1.56. The molecule has 0 saturated carbocycles. The van der Waals surface area contributed by atoms with Gasteiger partial charge in [-0.25, -0.2) is 9.97 Å². The Kier molecular flexibility index (Phi) is 4.80. The third kappa shape index (κ3) is 3.01. The van der Waals surface area contributed by atoms with E-state index in [-0.39, 0.29) is 12.6 Å². The number of piperidine rings is 1. The van der Waals surface area contributed by atoms with E-state index in [9.17, 15) is 5.11 Å². The Labute approximate surface area is 194 Å². The minimum atomic E-state index is -0.0524. The normalized spacial score (nSPS) is 23.0. The van der Waals surface area contributed by atoms with Crippen molar-refractivity contribution in [1.29, 1.82) is 0 Å². The second-order valence-corrected chi connectivity index (χ2v) is 9.45. The van der Waals surface area contributed by atoms with Crippen molar-refractivity contribution in [3.05, 3.63) is 34.7 Å². The molecule has 0 amide bonds. The highest BCUT2D eigenvalue weighted by Gasteiger charge is 2.40. The summed E-state index contributed by atoms with van der Waals surface area (Å²) in [5, 5.41) is 15.3. The van der Waals surface area contributed by atoms with Crippen molar-refractivity contribution >= 4 is 51.1 Å². The molecule has 5 heterocycles. The Balaban J connectivity index is 1.41. The van der Waals surface area contributed by atoms with E-state index in [1.165, 1.54) is 0 Å². The molecule has 2 aliphatic rings. The molecular formula is C22H23Cl2N7O. The Bertz CT molecular complexity index is 1320. The lowest BCUT2D eigenvalue weighted by Gasteiger charge is -2.38. The molecule has 166 valence electrons. The zero-order valence-electron chi connectivity index (χ0n) is 17.3. The molecule has 2 aliphatic heterocycles. The van der Waals surface area contributed by atoms with Crippen molar-refractivity contribution in [1.82, 2.24) is 24.7 Å². The largest absolute Gasteiger partial charge is 0.394 e. The van der Waals surface area contributed by atoms with Crippen LogP contribution in [0.5, 0.6) is 0 Å². The Hall–Kier alpha value is -2.39. The summed E-state index contributed by atoms with van der Waals surface area (Å²) in [6.45, 7) is 0.257. The van der Waals surface area contributed by atoms with Crippen LogP contribution >= 0.6 is 23.2 Å². The number of aliphatic hydroxyl groups is 1. The van der Waals surface area contributed by atoms with Gasteiger partial charge < -0.3 is 20.7 Å². The quantitative estimate of drug-likeness (QED) is 0.418. The number of benzene rings is 1. The standard InChI is InChI=1S/C22H23Cl2N7O/c23-19-14(3-4-16-18(19)21(24)30(29-16)5-6-32)15-9-27-22-20(15)26-10-17(28-22)31-12-1-2-13(31)8-11(25)7-12/h3-4,9-13,32H,1-2,5-8,25H2,(H,27,28). The number of aromatic nitrogens is 5. The van der Waals surface area contributed by atoms with Crippen LogP contribution in [0.25, 0.3) is 33.2 Å². The average Bonchev–Trinajstić information content (AvgIpc) is 3.41. The fourth-order valence-corrected chi connectivity index (χ4v) is 6.12. The van der Waals surface area contributed by atoms with Gasteiger partial charge in [-0.3, -0.25) is 4.68 Å². The first-order chi connectivity index (χ1) is 15.5. The van der Waals surface area contributed by atoms with Crippen LogP contribution in [0.2, 0.25) is 10.2 Å². The van der Waals surface area contributed by atoms with E-state index >= 15 is 0 Å². The summed E-state index contributed by atoms with van der Waals surface area (Å²) >= 11 is 13.3. The summed E-state index contributed by atoms with van der Waals surface area (Å²) in [5.41, 5.74) is 10.1. The van der Waals surface area contributed by atoms with Crippen LogP contribution < -0.4 is 10.6 Å². The molecule has 2 fully saturated rings. The fourth-order valence-electron chi connectivity index (χ4n) is 5.41. The molecule has 2 unspecified atom stereocenters. The van der Waals surface area contributed by atoms with Gasteiger partial charge in [0.2, 0.25) is 0 Å². The lowest BCUT2D eigenvalue weighted by molar-refractivity contribution is 0.270. The summed E-state index contributed by atoms with van der Waals surface area (Å²) in [6.07, 6.45) is 8.08. The zero-order chi connectivity index (χ0) is 22.0. The van der Waals surface area contributed by atoms with E-state index in [0.717, 1.165) is 53.8 Å². The molecule has 10 heteroatoms. The van der Waals surface area contributed by atoms with Crippen molar-refractivity contribution in [2.24, 2.45) is 5.73 Å². The third-order valence-electron chi connectivity index (χ3n) is 6.79. The van der Waals surface area contributed by atoms with Gasteiger partial charge in [0, 0.05) is 35.4 Å². The molecule has 4 N–H and O–H groups in total. The number of H-pyrrole nitrogens is 1. The Morgan fingerprint density at radius 1 is 1.16 bits per heavy atom. The zero-order valence-corrected chi connectivity index (χ0v) is 18.8. The highest BCUT2D eigenvalue weighted by Crippen LogP contribution is 2.41. The monoisotopic (exact) mass is 471 g/mol. The summed E-state index contributed by atoms with van der Waals surface area (Å²) in [6, 6.07) is 4.97. The molecule has 8 nitrogen and oxygen atoms in total. The van der Waals surface area contributed by atoms with E-state index in [2.05, 4.69) is 15.0 Å². The van der Waals surface area contributed by atoms with E-state index in [1.807, 2.05) is 24.5 Å². The van der Waals surface area contributed by atoms with Crippen LogP contribution in [0, 0.1) is 0 Å². The number of aliphatic hydroxyl groups excluding tert-OH is 1. The van der Waals surface area contributed by atoms with Crippen molar-refractivity contribution in [3.63, 3.8) is 0 Å². The van der Waals surface area contributed by atoms with Gasteiger partial charge in [0.25, 0.3) is 0 Å². The number of nitrogens with zero attached hydrogens (tertiary/aromatic N) is 5. The molecule has 2 atom stereocenters.